The molecule has 1 aliphatic heterocycles. The highest BCUT2D eigenvalue weighted by atomic mass is 32.2. The lowest BCUT2D eigenvalue weighted by Gasteiger charge is -2.15. The number of nitrogens with two attached hydrogens (primary N) is 1. The first-order valence-corrected chi connectivity index (χ1v) is 6.92. The molecule has 1 heterocycles. The number of hydrogen-bond donors (Lipinski definition) is 1. The van der Waals surface area contributed by atoms with Crippen molar-refractivity contribution < 1.29 is 8.42 Å². The molecule has 0 aromatic heterocycles. The number of rotatable bonds is 4. The molecule has 1 aliphatic carbocycles. The van der Waals surface area contributed by atoms with E-state index < -0.39 is 10.0 Å². The predicted molar refractivity (Wildman–Crippen MR) is 55.3 cm³/mol. The molecule has 14 heavy (non-hydrogen) atoms. The molecule has 1 atom stereocenters. The van der Waals surface area contributed by atoms with E-state index in [9.17, 15) is 8.42 Å². The van der Waals surface area contributed by atoms with Crippen LogP contribution in [-0.4, -0.2) is 37.6 Å². The Morgan fingerprint density at radius 3 is 2.50 bits per heavy atom. The fraction of sp³-hybridized carbons (Fsp3) is 1.00. The second kappa shape index (κ2) is 3.79. The van der Waals surface area contributed by atoms with Gasteiger partial charge < -0.3 is 5.73 Å². The average molecular weight is 218 g/mol. The molecule has 2 aliphatic rings. The molecule has 1 saturated carbocycles. The quantitative estimate of drug-likeness (QED) is 0.730. The number of nitrogens with zero attached hydrogens (tertiary/aromatic N) is 1. The van der Waals surface area contributed by atoms with Crippen molar-refractivity contribution in [3.8, 4) is 0 Å². The zero-order valence-corrected chi connectivity index (χ0v) is 9.17. The SMILES string of the molecule is NC1CCN(S(=O)(=O)CCC2CC2)C1. The third-order valence-corrected chi connectivity index (χ3v) is 4.93. The maximum Gasteiger partial charge on any atom is 0.214 e. The number of hydrogen-bond acceptors (Lipinski definition) is 3. The molecule has 2 N–H and O–H groups in total. The highest BCUT2D eigenvalue weighted by Gasteiger charge is 2.31. The molecule has 0 amide bonds. The van der Waals surface area contributed by atoms with E-state index in [0.717, 1.165) is 12.8 Å². The first-order valence-electron chi connectivity index (χ1n) is 5.31. The van der Waals surface area contributed by atoms with Gasteiger partial charge in [0.15, 0.2) is 0 Å². The van der Waals surface area contributed by atoms with Gasteiger partial charge >= 0.3 is 0 Å². The summed E-state index contributed by atoms with van der Waals surface area (Å²) in [6, 6.07) is 0.0469. The molecule has 0 spiro atoms. The Bertz CT molecular complexity index is 298. The summed E-state index contributed by atoms with van der Waals surface area (Å²) in [5, 5.41) is 0. The fourth-order valence-corrected chi connectivity index (χ4v) is 3.55. The summed E-state index contributed by atoms with van der Waals surface area (Å²) in [6.07, 6.45) is 4.08. The fourth-order valence-electron chi connectivity index (χ4n) is 1.86. The monoisotopic (exact) mass is 218 g/mol. The molecule has 0 aromatic carbocycles. The minimum Gasteiger partial charge on any atom is -0.326 e. The molecule has 0 aromatic rings. The molecular formula is C9H18N2O2S. The summed E-state index contributed by atoms with van der Waals surface area (Å²) in [6.45, 7) is 1.14. The Kier molecular flexibility index (Phi) is 2.81. The van der Waals surface area contributed by atoms with Gasteiger partial charge in [-0.2, -0.15) is 0 Å². The van der Waals surface area contributed by atoms with Crippen LogP contribution in [0.25, 0.3) is 0 Å². The lowest BCUT2D eigenvalue weighted by molar-refractivity contribution is 0.469. The molecule has 4 nitrogen and oxygen atoms in total. The minimum atomic E-state index is -2.99. The van der Waals surface area contributed by atoms with E-state index in [1.165, 1.54) is 12.8 Å². The van der Waals surface area contributed by atoms with E-state index in [1.807, 2.05) is 0 Å². The van der Waals surface area contributed by atoms with Gasteiger partial charge in [-0.1, -0.05) is 12.8 Å². The van der Waals surface area contributed by atoms with E-state index in [0.29, 0.717) is 24.8 Å². The molecule has 1 unspecified atom stereocenters. The second-order valence-corrected chi connectivity index (χ2v) is 6.54. The third kappa shape index (κ3) is 2.46. The summed E-state index contributed by atoms with van der Waals surface area (Å²) >= 11 is 0. The van der Waals surface area contributed by atoms with Crippen LogP contribution in [0.4, 0.5) is 0 Å². The van der Waals surface area contributed by atoms with E-state index in [1.54, 1.807) is 4.31 Å². The molecule has 2 rings (SSSR count). The normalized spacial score (nSPS) is 29.6. The summed E-state index contributed by atoms with van der Waals surface area (Å²) in [5.41, 5.74) is 5.68. The van der Waals surface area contributed by atoms with Crippen molar-refractivity contribution in [2.75, 3.05) is 18.8 Å². The maximum atomic E-state index is 11.8. The molecule has 2 fully saturated rings. The number of sulfonamides is 1. The van der Waals surface area contributed by atoms with Gasteiger partial charge in [0, 0.05) is 19.1 Å². The van der Waals surface area contributed by atoms with Crippen LogP contribution in [0.1, 0.15) is 25.7 Å². The molecule has 1 saturated heterocycles. The maximum absolute atomic E-state index is 11.8. The van der Waals surface area contributed by atoms with Crippen molar-refractivity contribution in [2.45, 2.75) is 31.7 Å². The summed E-state index contributed by atoms with van der Waals surface area (Å²) in [7, 11) is -2.99. The van der Waals surface area contributed by atoms with Crippen LogP contribution < -0.4 is 5.73 Å². The Morgan fingerprint density at radius 1 is 1.29 bits per heavy atom. The topological polar surface area (TPSA) is 63.4 Å². The first kappa shape index (κ1) is 10.4. The van der Waals surface area contributed by atoms with Crippen molar-refractivity contribution in [2.24, 2.45) is 11.7 Å². The molecule has 0 radical (unpaired) electrons. The van der Waals surface area contributed by atoms with Gasteiger partial charge in [-0.15, -0.1) is 0 Å². The predicted octanol–water partition coefficient (Wildman–Crippen LogP) is 0.149. The van der Waals surface area contributed by atoms with Crippen LogP contribution >= 0.6 is 0 Å². The Hall–Kier alpha value is -0.130. The Balaban J connectivity index is 1.86. The lowest BCUT2D eigenvalue weighted by atomic mass is 10.3. The molecule has 0 bridgehead atoms. The standard InChI is InChI=1S/C9H18N2O2S/c10-9-3-5-11(7-9)14(12,13)6-4-8-1-2-8/h8-9H,1-7,10H2. The van der Waals surface area contributed by atoms with Crippen LogP contribution in [0.15, 0.2) is 0 Å². The summed E-state index contributed by atoms with van der Waals surface area (Å²) < 4.78 is 25.1. The molecular weight excluding hydrogens is 200 g/mol. The van der Waals surface area contributed by atoms with Crippen molar-refractivity contribution in [3.63, 3.8) is 0 Å². The van der Waals surface area contributed by atoms with Gasteiger partial charge in [0.1, 0.15) is 0 Å². The van der Waals surface area contributed by atoms with Crippen molar-refractivity contribution in [3.05, 3.63) is 0 Å². The van der Waals surface area contributed by atoms with Gasteiger partial charge in [0.2, 0.25) is 10.0 Å². The van der Waals surface area contributed by atoms with E-state index in [2.05, 4.69) is 0 Å². The first-order chi connectivity index (χ1) is 6.58. The highest BCUT2D eigenvalue weighted by Crippen LogP contribution is 2.33. The van der Waals surface area contributed by atoms with Gasteiger partial charge in [-0.3, -0.25) is 0 Å². The Labute approximate surface area is 85.5 Å². The summed E-state index contributed by atoms with van der Waals surface area (Å²) in [5.74, 6) is 1.01. The highest BCUT2D eigenvalue weighted by molar-refractivity contribution is 7.89. The van der Waals surface area contributed by atoms with Crippen molar-refractivity contribution >= 4 is 10.0 Å². The van der Waals surface area contributed by atoms with Crippen LogP contribution in [0.2, 0.25) is 0 Å². The van der Waals surface area contributed by atoms with Crippen LogP contribution in [0, 0.1) is 5.92 Å². The third-order valence-electron chi connectivity index (χ3n) is 3.06. The molecule has 5 heteroatoms. The lowest BCUT2D eigenvalue weighted by Crippen LogP contribution is -2.33. The van der Waals surface area contributed by atoms with Gasteiger partial charge in [-0.05, 0) is 18.8 Å². The smallest absolute Gasteiger partial charge is 0.214 e. The second-order valence-electron chi connectivity index (χ2n) is 4.45. The van der Waals surface area contributed by atoms with Crippen molar-refractivity contribution in [1.29, 1.82) is 0 Å². The van der Waals surface area contributed by atoms with E-state index in [-0.39, 0.29) is 6.04 Å². The average Bonchev–Trinajstić information content (AvgIpc) is 2.85. The van der Waals surface area contributed by atoms with Crippen LogP contribution in [0.5, 0.6) is 0 Å². The minimum absolute atomic E-state index is 0.0469. The van der Waals surface area contributed by atoms with Gasteiger partial charge in [0.05, 0.1) is 5.75 Å². The van der Waals surface area contributed by atoms with E-state index in [4.69, 9.17) is 5.73 Å². The summed E-state index contributed by atoms with van der Waals surface area (Å²) in [4.78, 5) is 0. The van der Waals surface area contributed by atoms with Gasteiger partial charge in [0.25, 0.3) is 0 Å². The van der Waals surface area contributed by atoms with E-state index >= 15 is 0 Å². The zero-order valence-electron chi connectivity index (χ0n) is 8.35. The van der Waals surface area contributed by atoms with Gasteiger partial charge in [-0.25, -0.2) is 12.7 Å². The molecule has 82 valence electrons. The Morgan fingerprint density at radius 2 is 2.00 bits per heavy atom. The zero-order chi connectivity index (χ0) is 10.2. The van der Waals surface area contributed by atoms with Crippen molar-refractivity contribution in [1.82, 2.24) is 4.31 Å². The van der Waals surface area contributed by atoms with Crippen LogP contribution in [-0.2, 0) is 10.0 Å². The largest absolute Gasteiger partial charge is 0.326 e. The van der Waals surface area contributed by atoms with Crippen LogP contribution in [0.3, 0.4) is 0 Å².